The zero-order chi connectivity index (χ0) is 14.1. The van der Waals surface area contributed by atoms with E-state index in [1.165, 1.54) is 6.07 Å². The third-order valence-corrected chi connectivity index (χ3v) is 3.79. The highest BCUT2D eigenvalue weighted by Crippen LogP contribution is 2.17. The Kier molecular flexibility index (Phi) is 7.14. The first-order chi connectivity index (χ1) is 9.15. The molecule has 106 valence electrons. The lowest BCUT2D eigenvalue weighted by Crippen LogP contribution is -2.26. The van der Waals surface area contributed by atoms with Crippen LogP contribution in [0.25, 0.3) is 0 Å². The highest BCUT2D eigenvalue weighted by molar-refractivity contribution is 7.84. The molecule has 0 aliphatic carbocycles. The predicted octanol–water partition coefficient (Wildman–Crippen LogP) is 1.12. The molecule has 19 heavy (non-hydrogen) atoms. The van der Waals surface area contributed by atoms with Gasteiger partial charge >= 0.3 is 5.97 Å². The summed E-state index contributed by atoms with van der Waals surface area (Å²) in [6, 6.07) is 6.54. The molecular weight excluding hydrogens is 266 g/mol. The molecule has 0 aliphatic heterocycles. The van der Waals surface area contributed by atoms with Gasteiger partial charge in [0.05, 0.1) is 0 Å². The first-order valence-corrected chi connectivity index (χ1v) is 7.64. The molecule has 0 amide bonds. The lowest BCUT2D eigenvalue weighted by Gasteiger charge is -2.09. The number of carboxylic acid groups (broad SMARTS) is 1. The molecule has 1 unspecified atom stereocenters. The molecule has 2 N–H and O–H groups in total. The maximum Gasteiger partial charge on any atom is 0.339 e. The van der Waals surface area contributed by atoms with Gasteiger partial charge in [-0.05, 0) is 12.1 Å². The Bertz CT molecular complexity index is 436. The third-order valence-electron chi connectivity index (χ3n) is 2.48. The third kappa shape index (κ3) is 5.85. The van der Waals surface area contributed by atoms with Gasteiger partial charge in [0.2, 0.25) is 0 Å². The largest absolute Gasteiger partial charge is 0.491 e. The number of nitrogens with one attached hydrogen (secondary N) is 1. The van der Waals surface area contributed by atoms with E-state index in [2.05, 4.69) is 5.32 Å². The number of hydrogen-bond acceptors (Lipinski definition) is 4. The second-order valence-electron chi connectivity index (χ2n) is 3.83. The summed E-state index contributed by atoms with van der Waals surface area (Å²) in [5, 5.41) is 12.1. The average Bonchev–Trinajstić information content (AvgIpc) is 2.42. The van der Waals surface area contributed by atoms with Crippen molar-refractivity contribution in [2.24, 2.45) is 0 Å². The smallest absolute Gasteiger partial charge is 0.339 e. The van der Waals surface area contributed by atoms with Crippen LogP contribution in [0.5, 0.6) is 5.75 Å². The minimum Gasteiger partial charge on any atom is -0.491 e. The highest BCUT2D eigenvalue weighted by atomic mass is 32.2. The van der Waals surface area contributed by atoms with E-state index in [1.807, 2.05) is 6.92 Å². The molecule has 5 nitrogen and oxygen atoms in total. The summed E-state index contributed by atoms with van der Waals surface area (Å²) in [4.78, 5) is 10.9. The van der Waals surface area contributed by atoms with Crippen molar-refractivity contribution in [3.05, 3.63) is 29.8 Å². The van der Waals surface area contributed by atoms with Gasteiger partial charge < -0.3 is 15.2 Å². The van der Waals surface area contributed by atoms with Crippen molar-refractivity contribution < 1.29 is 18.8 Å². The van der Waals surface area contributed by atoms with E-state index in [9.17, 15) is 9.00 Å². The molecule has 1 atom stereocenters. The SMILES string of the molecule is CCS(=O)CCNCCOc1ccccc1C(=O)O. The molecule has 0 saturated carbocycles. The number of carboxylic acids is 1. The van der Waals surface area contributed by atoms with Crippen LogP contribution in [0.2, 0.25) is 0 Å². The first-order valence-electron chi connectivity index (χ1n) is 6.16. The van der Waals surface area contributed by atoms with Crippen LogP contribution in [-0.2, 0) is 10.8 Å². The fourth-order valence-corrected chi connectivity index (χ4v) is 2.12. The van der Waals surface area contributed by atoms with Gasteiger partial charge in [0.1, 0.15) is 17.9 Å². The molecule has 0 aliphatic rings. The molecule has 6 heteroatoms. The van der Waals surface area contributed by atoms with Crippen molar-refractivity contribution >= 4 is 16.8 Å². The van der Waals surface area contributed by atoms with Crippen molar-refractivity contribution in [3.63, 3.8) is 0 Å². The number of benzene rings is 1. The monoisotopic (exact) mass is 285 g/mol. The molecule has 0 heterocycles. The van der Waals surface area contributed by atoms with Crippen molar-refractivity contribution in [2.45, 2.75) is 6.92 Å². The Balaban J connectivity index is 2.26. The molecule has 1 aromatic carbocycles. The highest BCUT2D eigenvalue weighted by Gasteiger charge is 2.09. The summed E-state index contributed by atoms with van der Waals surface area (Å²) in [7, 11) is -0.759. The van der Waals surface area contributed by atoms with Gasteiger partial charge in [0.15, 0.2) is 0 Å². The van der Waals surface area contributed by atoms with Crippen LogP contribution in [0, 0.1) is 0 Å². The minimum absolute atomic E-state index is 0.162. The van der Waals surface area contributed by atoms with Gasteiger partial charge in [-0.25, -0.2) is 4.79 Å². The quantitative estimate of drug-likeness (QED) is 0.665. The second-order valence-corrected chi connectivity index (χ2v) is 5.70. The number of carbonyl (C=O) groups is 1. The number of rotatable bonds is 9. The molecule has 0 aromatic heterocycles. The fraction of sp³-hybridized carbons (Fsp3) is 0.462. The van der Waals surface area contributed by atoms with Crippen molar-refractivity contribution in [1.29, 1.82) is 0 Å². The van der Waals surface area contributed by atoms with E-state index >= 15 is 0 Å². The maximum atomic E-state index is 11.2. The van der Waals surface area contributed by atoms with Crippen LogP contribution in [0.15, 0.2) is 24.3 Å². The van der Waals surface area contributed by atoms with E-state index in [0.29, 0.717) is 37.0 Å². The number of hydrogen-bond donors (Lipinski definition) is 2. The maximum absolute atomic E-state index is 11.2. The van der Waals surface area contributed by atoms with Gasteiger partial charge in [-0.2, -0.15) is 0 Å². The second kappa shape index (κ2) is 8.66. The number of para-hydroxylation sites is 1. The standard InChI is InChI=1S/C13H19NO4S/c1-2-19(17)10-8-14-7-9-18-12-6-4-3-5-11(12)13(15)16/h3-6,14H,2,7-10H2,1H3,(H,15,16). The van der Waals surface area contributed by atoms with E-state index < -0.39 is 16.8 Å². The van der Waals surface area contributed by atoms with Crippen LogP contribution in [-0.4, -0.2) is 46.5 Å². The zero-order valence-corrected chi connectivity index (χ0v) is 11.7. The van der Waals surface area contributed by atoms with Crippen molar-refractivity contribution in [2.75, 3.05) is 31.2 Å². The van der Waals surface area contributed by atoms with Gasteiger partial charge in [0.25, 0.3) is 0 Å². The average molecular weight is 285 g/mol. The van der Waals surface area contributed by atoms with Crippen LogP contribution in [0.3, 0.4) is 0 Å². The van der Waals surface area contributed by atoms with Crippen LogP contribution >= 0.6 is 0 Å². The summed E-state index contributed by atoms with van der Waals surface area (Å²) >= 11 is 0. The van der Waals surface area contributed by atoms with E-state index in [1.54, 1.807) is 18.2 Å². The van der Waals surface area contributed by atoms with Crippen molar-refractivity contribution in [1.82, 2.24) is 5.32 Å². The molecule has 0 saturated heterocycles. The van der Waals surface area contributed by atoms with Crippen molar-refractivity contribution in [3.8, 4) is 5.75 Å². The van der Waals surface area contributed by atoms with E-state index in [0.717, 1.165) is 0 Å². The zero-order valence-electron chi connectivity index (χ0n) is 10.9. The summed E-state index contributed by atoms with van der Waals surface area (Å²) in [6.45, 7) is 3.53. The Morgan fingerprint density at radius 3 is 2.79 bits per heavy atom. The molecule has 1 aromatic rings. The summed E-state index contributed by atoms with van der Waals surface area (Å²) in [5.74, 6) is 0.669. The minimum atomic E-state index is -0.998. The lowest BCUT2D eigenvalue weighted by atomic mass is 10.2. The van der Waals surface area contributed by atoms with Gasteiger partial charge in [-0.3, -0.25) is 4.21 Å². The van der Waals surface area contributed by atoms with Gasteiger partial charge in [0, 0.05) is 35.4 Å². The Morgan fingerprint density at radius 1 is 1.37 bits per heavy atom. The Morgan fingerprint density at radius 2 is 2.11 bits per heavy atom. The normalized spacial score (nSPS) is 12.1. The number of aromatic carboxylic acids is 1. The van der Waals surface area contributed by atoms with E-state index in [4.69, 9.17) is 9.84 Å². The van der Waals surface area contributed by atoms with Crippen LogP contribution in [0.1, 0.15) is 17.3 Å². The summed E-state index contributed by atoms with van der Waals surface area (Å²) in [5.41, 5.74) is 0.162. The van der Waals surface area contributed by atoms with Crippen LogP contribution in [0.4, 0.5) is 0 Å². The summed E-state index contributed by atoms with van der Waals surface area (Å²) in [6.07, 6.45) is 0. The molecule has 0 bridgehead atoms. The predicted molar refractivity (Wildman–Crippen MR) is 75.3 cm³/mol. The van der Waals surface area contributed by atoms with E-state index in [-0.39, 0.29) is 5.56 Å². The van der Waals surface area contributed by atoms with Gasteiger partial charge in [-0.1, -0.05) is 19.1 Å². The topological polar surface area (TPSA) is 75.6 Å². The Hall–Kier alpha value is -1.40. The lowest BCUT2D eigenvalue weighted by molar-refractivity contribution is 0.0692. The summed E-state index contributed by atoms with van der Waals surface area (Å²) < 4.78 is 16.6. The molecular formula is C13H19NO4S. The fourth-order valence-electron chi connectivity index (χ4n) is 1.46. The first kappa shape index (κ1) is 15.7. The molecule has 0 spiro atoms. The Labute approximate surface area is 115 Å². The van der Waals surface area contributed by atoms with Crippen LogP contribution < -0.4 is 10.1 Å². The van der Waals surface area contributed by atoms with Gasteiger partial charge in [-0.15, -0.1) is 0 Å². The molecule has 0 radical (unpaired) electrons. The molecule has 0 fully saturated rings. The molecule has 1 rings (SSSR count). The number of ether oxygens (including phenoxy) is 1.